The SMILES string of the molecule is CN(CCOc1ccc(Cl)cc1)C(=O)C1COCCN1. The highest BCUT2D eigenvalue weighted by atomic mass is 35.5. The molecule has 1 aromatic rings. The summed E-state index contributed by atoms with van der Waals surface area (Å²) < 4.78 is 10.8. The van der Waals surface area contributed by atoms with Crippen molar-refractivity contribution in [3.63, 3.8) is 0 Å². The molecular formula is C14H19ClN2O3. The maximum absolute atomic E-state index is 12.1. The number of halogens is 1. The van der Waals surface area contributed by atoms with Crippen LogP contribution >= 0.6 is 11.6 Å². The molecule has 1 atom stereocenters. The number of hydrogen-bond donors (Lipinski definition) is 1. The quantitative estimate of drug-likeness (QED) is 0.886. The number of morpholine rings is 1. The summed E-state index contributed by atoms with van der Waals surface area (Å²) in [5.41, 5.74) is 0. The molecule has 1 fully saturated rings. The average Bonchev–Trinajstić information content (AvgIpc) is 2.49. The van der Waals surface area contributed by atoms with E-state index in [9.17, 15) is 4.79 Å². The van der Waals surface area contributed by atoms with Crippen LogP contribution in [0.15, 0.2) is 24.3 Å². The van der Waals surface area contributed by atoms with E-state index in [0.29, 0.717) is 37.9 Å². The molecule has 1 unspecified atom stereocenters. The summed E-state index contributed by atoms with van der Waals surface area (Å²) in [6.07, 6.45) is 0. The van der Waals surface area contributed by atoms with Crippen LogP contribution in [0.2, 0.25) is 5.02 Å². The van der Waals surface area contributed by atoms with Gasteiger partial charge in [0.05, 0.1) is 19.8 Å². The van der Waals surface area contributed by atoms with Crippen molar-refractivity contribution in [2.45, 2.75) is 6.04 Å². The number of benzene rings is 1. The molecule has 0 aliphatic carbocycles. The van der Waals surface area contributed by atoms with Gasteiger partial charge >= 0.3 is 0 Å². The molecule has 1 saturated heterocycles. The minimum atomic E-state index is -0.246. The summed E-state index contributed by atoms with van der Waals surface area (Å²) in [6.45, 7) is 2.77. The standard InChI is InChI=1S/C14H19ClN2O3/c1-17(14(18)13-10-19-8-6-16-13)7-9-20-12-4-2-11(15)3-5-12/h2-5,13,16H,6-10H2,1H3. The molecule has 1 aromatic carbocycles. The third-order valence-corrected chi connectivity index (χ3v) is 3.36. The Kier molecular flexibility index (Phi) is 5.64. The topological polar surface area (TPSA) is 50.8 Å². The van der Waals surface area contributed by atoms with Gasteiger partial charge in [0.25, 0.3) is 0 Å². The third-order valence-electron chi connectivity index (χ3n) is 3.11. The molecule has 5 nitrogen and oxygen atoms in total. The molecule has 0 bridgehead atoms. The lowest BCUT2D eigenvalue weighted by Crippen LogP contribution is -2.52. The van der Waals surface area contributed by atoms with Gasteiger partial charge in [-0.25, -0.2) is 0 Å². The predicted molar refractivity (Wildman–Crippen MR) is 77.2 cm³/mol. The Balaban J connectivity index is 1.72. The molecule has 1 aliphatic heterocycles. The molecule has 0 radical (unpaired) electrons. The molecule has 0 aromatic heterocycles. The summed E-state index contributed by atoms with van der Waals surface area (Å²) in [4.78, 5) is 13.8. The molecule has 6 heteroatoms. The van der Waals surface area contributed by atoms with E-state index >= 15 is 0 Å². The predicted octanol–water partition coefficient (Wildman–Crippen LogP) is 1.17. The number of ether oxygens (including phenoxy) is 2. The Labute approximate surface area is 123 Å². The van der Waals surface area contributed by atoms with Crippen molar-refractivity contribution >= 4 is 17.5 Å². The number of nitrogens with zero attached hydrogens (tertiary/aromatic N) is 1. The Morgan fingerprint density at radius 2 is 2.25 bits per heavy atom. The molecule has 1 heterocycles. The van der Waals surface area contributed by atoms with Crippen molar-refractivity contribution in [2.75, 3.05) is 40.0 Å². The molecule has 20 heavy (non-hydrogen) atoms. The van der Waals surface area contributed by atoms with Gasteiger partial charge < -0.3 is 19.7 Å². The van der Waals surface area contributed by atoms with E-state index in [2.05, 4.69) is 5.32 Å². The van der Waals surface area contributed by atoms with Crippen LogP contribution in [0.5, 0.6) is 5.75 Å². The lowest BCUT2D eigenvalue weighted by molar-refractivity contribution is -0.135. The Hall–Kier alpha value is -1.30. The second kappa shape index (κ2) is 7.47. The van der Waals surface area contributed by atoms with E-state index in [4.69, 9.17) is 21.1 Å². The number of hydrogen-bond acceptors (Lipinski definition) is 4. The van der Waals surface area contributed by atoms with Gasteiger partial charge in [0.2, 0.25) is 5.91 Å². The normalized spacial score (nSPS) is 18.6. The van der Waals surface area contributed by atoms with Crippen LogP contribution < -0.4 is 10.1 Å². The van der Waals surface area contributed by atoms with Gasteiger partial charge in [0, 0.05) is 18.6 Å². The van der Waals surface area contributed by atoms with E-state index in [0.717, 1.165) is 5.75 Å². The Morgan fingerprint density at radius 3 is 2.90 bits per heavy atom. The second-order valence-electron chi connectivity index (χ2n) is 4.64. The van der Waals surface area contributed by atoms with Gasteiger partial charge in [-0.2, -0.15) is 0 Å². The van der Waals surface area contributed by atoms with Gasteiger partial charge in [0.15, 0.2) is 0 Å². The lowest BCUT2D eigenvalue weighted by Gasteiger charge is -2.27. The lowest BCUT2D eigenvalue weighted by atomic mass is 10.2. The Morgan fingerprint density at radius 1 is 1.50 bits per heavy atom. The fourth-order valence-electron chi connectivity index (χ4n) is 1.93. The van der Waals surface area contributed by atoms with E-state index in [1.807, 2.05) is 0 Å². The molecule has 1 amide bonds. The van der Waals surface area contributed by atoms with Crippen LogP contribution in [-0.2, 0) is 9.53 Å². The maximum atomic E-state index is 12.1. The summed E-state index contributed by atoms with van der Waals surface area (Å²) in [5, 5.41) is 3.82. The molecule has 0 spiro atoms. The molecule has 110 valence electrons. The first-order valence-electron chi connectivity index (χ1n) is 6.61. The highest BCUT2D eigenvalue weighted by Gasteiger charge is 2.23. The minimum absolute atomic E-state index is 0.0319. The van der Waals surface area contributed by atoms with Crippen molar-refractivity contribution in [1.82, 2.24) is 10.2 Å². The highest BCUT2D eigenvalue weighted by Crippen LogP contribution is 2.15. The monoisotopic (exact) mass is 298 g/mol. The van der Waals surface area contributed by atoms with Crippen LogP contribution in [0.3, 0.4) is 0 Å². The van der Waals surface area contributed by atoms with Crippen molar-refractivity contribution in [1.29, 1.82) is 0 Å². The molecule has 0 saturated carbocycles. The molecule has 2 rings (SSSR count). The second-order valence-corrected chi connectivity index (χ2v) is 5.08. The fourth-order valence-corrected chi connectivity index (χ4v) is 2.06. The van der Waals surface area contributed by atoms with Crippen LogP contribution in [0.4, 0.5) is 0 Å². The smallest absolute Gasteiger partial charge is 0.241 e. The van der Waals surface area contributed by atoms with E-state index in [-0.39, 0.29) is 11.9 Å². The van der Waals surface area contributed by atoms with Crippen LogP contribution in [-0.4, -0.2) is 56.8 Å². The number of nitrogens with one attached hydrogen (secondary N) is 1. The summed E-state index contributed by atoms with van der Waals surface area (Å²) >= 11 is 5.80. The van der Waals surface area contributed by atoms with Gasteiger partial charge in [-0.05, 0) is 24.3 Å². The minimum Gasteiger partial charge on any atom is -0.492 e. The highest BCUT2D eigenvalue weighted by molar-refractivity contribution is 6.30. The summed E-state index contributed by atoms with van der Waals surface area (Å²) in [6, 6.07) is 6.91. The zero-order valence-electron chi connectivity index (χ0n) is 11.5. The number of rotatable bonds is 5. The van der Waals surface area contributed by atoms with Crippen LogP contribution in [0.25, 0.3) is 0 Å². The van der Waals surface area contributed by atoms with Gasteiger partial charge in [-0.15, -0.1) is 0 Å². The fraction of sp³-hybridized carbons (Fsp3) is 0.500. The van der Waals surface area contributed by atoms with Gasteiger partial charge in [0.1, 0.15) is 18.4 Å². The van der Waals surface area contributed by atoms with Crippen LogP contribution in [0.1, 0.15) is 0 Å². The van der Waals surface area contributed by atoms with E-state index in [1.54, 1.807) is 36.2 Å². The maximum Gasteiger partial charge on any atom is 0.241 e. The Bertz CT molecular complexity index is 433. The third kappa shape index (κ3) is 4.37. The van der Waals surface area contributed by atoms with Crippen molar-refractivity contribution < 1.29 is 14.3 Å². The van der Waals surface area contributed by atoms with Crippen molar-refractivity contribution in [2.24, 2.45) is 0 Å². The molecular weight excluding hydrogens is 280 g/mol. The summed E-state index contributed by atoms with van der Waals surface area (Å²) in [5.74, 6) is 0.777. The van der Waals surface area contributed by atoms with Crippen LogP contribution in [0, 0.1) is 0 Å². The number of likely N-dealkylation sites (N-methyl/N-ethyl adjacent to an activating group) is 1. The number of carbonyl (C=O) groups excluding carboxylic acids is 1. The first-order valence-corrected chi connectivity index (χ1v) is 6.99. The largest absolute Gasteiger partial charge is 0.492 e. The average molecular weight is 299 g/mol. The first kappa shape index (κ1) is 15.1. The van der Waals surface area contributed by atoms with Crippen molar-refractivity contribution in [3.8, 4) is 5.75 Å². The number of carbonyl (C=O) groups is 1. The zero-order valence-corrected chi connectivity index (χ0v) is 12.2. The van der Waals surface area contributed by atoms with E-state index in [1.165, 1.54) is 0 Å². The van der Waals surface area contributed by atoms with E-state index < -0.39 is 0 Å². The van der Waals surface area contributed by atoms with Gasteiger partial charge in [-0.1, -0.05) is 11.6 Å². The number of amides is 1. The molecule has 1 aliphatic rings. The van der Waals surface area contributed by atoms with Crippen molar-refractivity contribution in [3.05, 3.63) is 29.3 Å². The zero-order chi connectivity index (χ0) is 14.4. The van der Waals surface area contributed by atoms with Gasteiger partial charge in [-0.3, -0.25) is 4.79 Å². The first-order chi connectivity index (χ1) is 9.66. The molecule has 1 N–H and O–H groups in total. The summed E-state index contributed by atoms with van der Waals surface area (Å²) in [7, 11) is 1.77.